The van der Waals surface area contributed by atoms with Crippen LogP contribution in [0.2, 0.25) is 0 Å². The zero-order valence-corrected chi connectivity index (χ0v) is 14.5. The van der Waals surface area contributed by atoms with Gasteiger partial charge in [0, 0.05) is 24.5 Å². The van der Waals surface area contributed by atoms with Gasteiger partial charge in [-0.25, -0.2) is 0 Å². The highest BCUT2D eigenvalue weighted by atomic mass is 16.5. The predicted octanol–water partition coefficient (Wildman–Crippen LogP) is 2.87. The Balaban J connectivity index is 1.42. The number of hydrogen-bond donors (Lipinski definition) is 1. The van der Waals surface area contributed by atoms with Crippen LogP contribution in [-0.2, 0) is 6.42 Å². The highest BCUT2D eigenvalue weighted by molar-refractivity contribution is 5.51. The molecule has 0 amide bonds. The van der Waals surface area contributed by atoms with E-state index in [0.717, 1.165) is 24.9 Å². The summed E-state index contributed by atoms with van der Waals surface area (Å²) in [6.45, 7) is 1.53. The molecule has 0 bridgehead atoms. The summed E-state index contributed by atoms with van der Waals surface area (Å²) in [5.41, 5.74) is 2.16. The number of benzene rings is 1. The second-order valence-corrected chi connectivity index (χ2v) is 6.69. The number of aromatic nitrogens is 3. The van der Waals surface area contributed by atoms with Gasteiger partial charge in [0.05, 0.1) is 12.1 Å². The molecule has 1 fully saturated rings. The molecule has 1 saturated heterocycles. The lowest BCUT2D eigenvalue weighted by Crippen LogP contribution is -2.26. The zero-order valence-electron chi connectivity index (χ0n) is 14.5. The van der Waals surface area contributed by atoms with Crippen LogP contribution in [-0.4, -0.2) is 44.3 Å². The molecule has 134 valence electrons. The molecule has 6 heteroatoms. The molecule has 1 aliphatic heterocycles. The van der Waals surface area contributed by atoms with Gasteiger partial charge in [0.1, 0.15) is 0 Å². The van der Waals surface area contributed by atoms with E-state index in [0.29, 0.717) is 24.7 Å². The van der Waals surface area contributed by atoms with Crippen molar-refractivity contribution >= 4 is 0 Å². The summed E-state index contributed by atoms with van der Waals surface area (Å²) in [5.74, 6) is 1.11. The Morgan fingerprint density at radius 2 is 2.04 bits per heavy atom. The van der Waals surface area contributed by atoms with E-state index in [9.17, 15) is 5.11 Å². The van der Waals surface area contributed by atoms with Gasteiger partial charge in [-0.2, -0.15) is 4.98 Å². The van der Waals surface area contributed by atoms with Crippen molar-refractivity contribution in [3.8, 4) is 11.4 Å². The van der Waals surface area contributed by atoms with Crippen molar-refractivity contribution in [2.75, 3.05) is 13.1 Å². The minimum absolute atomic E-state index is 0.0290. The van der Waals surface area contributed by atoms with Gasteiger partial charge < -0.3 is 9.63 Å². The van der Waals surface area contributed by atoms with E-state index < -0.39 is 0 Å². The molecule has 1 aromatic carbocycles. The molecular formula is C20H22N4O2. The molecule has 0 radical (unpaired) electrons. The average Bonchev–Trinajstić information content (AvgIpc) is 3.30. The lowest BCUT2D eigenvalue weighted by Gasteiger charge is -2.20. The summed E-state index contributed by atoms with van der Waals surface area (Å²) in [7, 11) is 0. The lowest BCUT2D eigenvalue weighted by molar-refractivity contribution is 0.172. The highest BCUT2D eigenvalue weighted by Gasteiger charge is 2.35. The summed E-state index contributed by atoms with van der Waals surface area (Å²) in [5, 5.41) is 14.2. The first-order chi connectivity index (χ1) is 12.8. The minimum atomic E-state index is -0.356. The Bertz CT molecular complexity index is 822. The van der Waals surface area contributed by atoms with Gasteiger partial charge in [-0.1, -0.05) is 35.5 Å². The number of hydrogen-bond acceptors (Lipinski definition) is 6. The Morgan fingerprint density at radius 1 is 1.15 bits per heavy atom. The first kappa shape index (κ1) is 16.9. The van der Waals surface area contributed by atoms with E-state index in [2.05, 4.69) is 44.3 Å². The third kappa shape index (κ3) is 3.81. The number of pyridine rings is 1. The first-order valence-electron chi connectivity index (χ1n) is 8.99. The second-order valence-electron chi connectivity index (χ2n) is 6.69. The fourth-order valence-corrected chi connectivity index (χ4v) is 3.50. The lowest BCUT2D eigenvalue weighted by atomic mass is 10.1. The third-order valence-corrected chi connectivity index (χ3v) is 4.78. The van der Waals surface area contributed by atoms with Gasteiger partial charge in [-0.3, -0.25) is 9.88 Å². The van der Waals surface area contributed by atoms with Crippen LogP contribution in [0.3, 0.4) is 0 Å². The molecule has 2 atom stereocenters. The number of rotatable bonds is 6. The number of nitrogens with zero attached hydrogens (tertiary/aromatic N) is 4. The van der Waals surface area contributed by atoms with Gasteiger partial charge in [-0.05, 0) is 43.5 Å². The maximum absolute atomic E-state index is 10.1. The van der Waals surface area contributed by atoms with Crippen LogP contribution in [0.4, 0.5) is 0 Å². The van der Waals surface area contributed by atoms with E-state index >= 15 is 0 Å². The largest absolute Gasteiger partial charge is 0.392 e. The molecule has 0 saturated carbocycles. The van der Waals surface area contributed by atoms with Crippen molar-refractivity contribution in [2.45, 2.75) is 31.4 Å². The average molecular weight is 350 g/mol. The van der Waals surface area contributed by atoms with Crippen LogP contribution in [0.15, 0.2) is 59.4 Å². The van der Waals surface area contributed by atoms with Crippen LogP contribution < -0.4 is 0 Å². The summed E-state index contributed by atoms with van der Waals surface area (Å²) in [6, 6.07) is 14.2. The molecule has 26 heavy (non-hydrogen) atoms. The molecule has 4 rings (SSSR count). The Labute approximate surface area is 152 Å². The minimum Gasteiger partial charge on any atom is -0.392 e. The van der Waals surface area contributed by atoms with Gasteiger partial charge in [0.25, 0.3) is 0 Å². The monoisotopic (exact) mass is 350 g/mol. The molecule has 2 aromatic heterocycles. The van der Waals surface area contributed by atoms with Crippen LogP contribution in [0.25, 0.3) is 11.4 Å². The Morgan fingerprint density at radius 3 is 2.85 bits per heavy atom. The van der Waals surface area contributed by atoms with E-state index in [4.69, 9.17) is 4.52 Å². The number of aliphatic hydroxyl groups is 1. The predicted molar refractivity (Wildman–Crippen MR) is 97.2 cm³/mol. The Hall–Kier alpha value is -2.57. The van der Waals surface area contributed by atoms with Crippen molar-refractivity contribution < 1.29 is 9.63 Å². The summed E-state index contributed by atoms with van der Waals surface area (Å²) in [6.07, 6.45) is 5.74. The SMILES string of the molecule is OC1CC(c2nc(-c3cccnc3)no2)N(CCCc2ccccc2)C1. The van der Waals surface area contributed by atoms with Crippen molar-refractivity contribution in [3.05, 3.63) is 66.3 Å². The molecule has 3 heterocycles. The van der Waals surface area contributed by atoms with Gasteiger partial charge in [-0.15, -0.1) is 0 Å². The maximum Gasteiger partial charge on any atom is 0.244 e. The summed E-state index contributed by atoms with van der Waals surface area (Å²) < 4.78 is 5.50. The second kappa shape index (κ2) is 7.76. The molecule has 3 aromatic rings. The van der Waals surface area contributed by atoms with E-state index in [1.807, 2.05) is 18.2 Å². The standard InChI is InChI=1S/C20H22N4O2/c25-17-12-18(20-22-19(23-26-20)16-9-4-10-21-13-16)24(14-17)11-5-8-15-6-2-1-3-7-15/h1-4,6-7,9-10,13,17-18,25H,5,8,11-12,14H2. The number of β-amino-alcohol motifs (C(OH)–C–C–N with tert-alkyl or cyclic N) is 1. The number of aliphatic hydroxyl groups excluding tert-OH is 1. The van der Waals surface area contributed by atoms with Crippen molar-refractivity contribution in [3.63, 3.8) is 0 Å². The maximum atomic E-state index is 10.1. The molecule has 1 N–H and O–H groups in total. The number of likely N-dealkylation sites (tertiary alicyclic amines) is 1. The molecule has 6 nitrogen and oxygen atoms in total. The van der Waals surface area contributed by atoms with E-state index in [1.54, 1.807) is 12.4 Å². The van der Waals surface area contributed by atoms with Crippen LogP contribution in [0.5, 0.6) is 0 Å². The molecular weight excluding hydrogens is 328 g/mol. The topological polar surface area (TPSA) is 75.3 Å². The van der Waals surface area contributed by atoms with Crippen LogP contribution in [0.1, 0.15) is 30.3 Å². The normalized spacial score (nSPS) is 20.5. The van der Waals surface area contributed by atoms with Crippen LogP contribution >= 0.6 is 0 Å². The number of aryl methyl sites for hydroxylation is 1. The highest BCUT2D eigenvalue weighted by Crippen LogP contribution is 2.32. The third-order valence-electron chi connectivity index (χ3n) is 4.78. The van der Waals surface area contributed by atoms with Crippen molar-refractivity contribution in [2.24, 2.45) is 0 Å². The fourth-order valence-electron chi connectivity index (χ4n) is 3.50. The Kier molecular flexibility index (Phi) is 5.04. The summed E-state index contributed by atoms with van der Waals surface area (Å²) >= 11 is 0. The molecule has 2 unspecified atom stereocenters. The van der Waals surface area contributed by atoms with Gasteiger partial charge in [0.15, 0.2) is 0 Å². The van der Waals surface area contributed by atoms with Crippen LogP contribution in [0, 0.1) is 0 Å². The molecule has 0 aliphatic carbocycles. The van der Waals surface area contributed by atoms with Gasteiger partial charge >= 0.3 is 0 Å². The molecule has 1 aliphatic rings. The van der Waals surface area contributed by atoms with Crippen molar-refractivity contribution in [1.29, 1.82) is 0 Å². The summed E-state index contributed by atoms with van der Waals surface area (Å²) in [4.78, 5) is 10.9. The smallest absolute Gasteiger partial charge is 0.244 e. The zero-order chi connectivity index (χ0) is 17.8. The van der Waals surface area contributed by atoms with Gasteiger partial charge in [0.2, 0.25) is 11.7 Å². The molecule has 0 spiro atoms. The fraction of sp³-hybridized carbons (Fsp3) is 0.350. The van der Waals surface area contributed by atoms with Crippen molar-refractivity contribution in [1.82, 2.24) is 20.0 Å². The van der Waals surface area contributed by atoms with E-state index in [-0.39, 0.29) is 12.1 Å². The first-order valence-corrected chi connectivity index (χ1v) is 8.99. The van der Waals surface area contributed by atoms with E-state index in [1.165, 1.54) is 5.56 Å². The quantitative estimate of drug-likeness (QED) is 0.737.